The van der Waals surface area contributed by atoms with Crippen LogP contribution < -0.4 is 0 Å². The van der Waals surface area contributed by atoms with Gasteiger partial charge in [-0.2, -0.15) is 0 Å². The van der Waals surface area contributed by atoms with Crippen molar-refractivity contribution in [2.75, 3.05) is 14.1 Å². The fourth-order valence-electron chi connectivity index (χ4n) is 2.06. The lowest BCUT2D eigenvalue weighted by atomic mass is 9.98. The molecule has 0 bridgehead atoms. The largest absolute Gasteiger partial charge is 0.305 e. The van der Waals surface area contributed by atoms with Gasteiger partial charge in [-0.1, -0.05) is 42.5 Å². The molecule has 0 saturated heterocycles. The van der Waals surface area contributed by atoms with Gasteiger partial charge < -0.3 is 4.90 Å². The minimum atomic E-state index is 0. The van der Waals surface area contributed by atoms with E-state index in [9.17, 15) is 4.79 Å². The van der Waals surface area contributed by atoms with Gasteiger partial charge in [0.15, 0.2) is 0 Å². The molecule has 0 N–H and O–H groups in total. The van der Waals surface area contributed by atoms with Crippen LogP contribution in [0.2, 0.25) is 0 Å². The molecular weight excluding hydrogens is 258 g/mol. The van der Waals surface area contributed by atoms with Crippen molar-refractivity contribution in [3.8, 4) is 11.1 Å². The quantitative estimate of drug-likeness (QED) is 0.794. The second kappa shape index (κ2) is 7.07. The van der Waals surface area contributed by atoms with Crippen molar-refractivity contribution in [2.45, 2.75) is 6.54 Å². The molecule has 0 saturated carbocycles. The third-order valence-electron chi connectivity index (χ3n) is 2.84. The fraction of sp³-hybridized carbons (Fsp3) is 0.188. The molecule has 0 heterocycles. The first-order valence-corrected chi connectivity index (χ1v) is 5.99. The Labute approximate surface area is 120 Å². The summed E-state index contributed by atoms with van der Waals surface area (Å²) in [5.74, 6) is 0. The van der Waals surface area contributed by atoms with E-state index < -0.39 is 0 Å². The van der Waals surface area contributed by atoms with E-state index in [-0.39, 0.29) is 12.4 Å². The molecule has 0 aliphatic rings. The van der Waals surface area contributed by atoms with Crippen LogP contribution in [0, 0.1) is 0 Å². The van der Waals surface area contributed by atoms with Crippen LogP contribution in [0.5, 0.6) is 0 Å². The Bertz CT molecular complexity index is 552. The number of halogens is 1. The number of aldehydes is 1. The maximum atomic E-state index is 10.8. The number of carbonyl (C=O) groups excluding carboxylic acids is 1. The molecule has 0 aliphatic carbocycles. The van der Waals surface area contributed by atoms with Crippen LogP contribution in [0.15, 0.2) is 48.5 Å². The standard InChI is InChI=1S/C16H17NO.ClH/c1-17(2)11-15-7-3-4-9-16(15)14-8-5-6-13(10-14)12-18;/h3-10,12H,11H2,1-2H3;1H. The summed E-state index contributed by atoms with van der Waals surface area (Å²) in [5, 5.41) is 0. The lowest BCUT2D eigenvalue weighted by Gasteiger charge is -2.14. The van der Waals surface area contributed by atoms with Crippen molar-refractivity contribution in [2.24, 2.45) is 0 Å². The number of benzene rings is 2. The molecular formula is C16H18ClNO. The molecule has 2 aromatic carbocycles. The van der Waals surface area contributed by atoms with Gasteiger partial charge >= 0.3 is 0 Å². The van der Waals surface area contributed by atoms with Crippen molar-refractivity contribution >= 4 is 18.7 Å². The summed E-state index contributed by atoms with van der Waals surface area (Å²) in [7, 11) is 4.11. The minimum absolute atomic E-state index is 0. The molecule has 100 valence electrons. The Kier molecular flexibility index (Phi) is 5.74. The lowest BCUT2D eigenvalue weighted by molar-refractivity contribution is 0.112. The number of hydrogen-bond donors (Lipinski definition) is 0. The van der Waals surface area contributed by atoms with Crippen molar-refractivity contribution in [3.63, 3.8) is 0 Å². The Hall–Kier alpha value is -1.64. The first-order valence-electron chi connectivity index (χ1n) is 5.99. The third kappa shape index (κ3) is 3.91. The van der Waals surface area contributed by atoms with Gasteiger partial charge in [0, 0.05) is 12.1 Å². The SMILES string of the molecule is CN(C)Cc1ccccc1-c1cccc(C=O)c1.Cl. The van der Waals surface area contributed by atoms with Gasteiger partial charge in [0.05, 0.1) is 0 Å². The van der Waals surface area contributed by atoms with Crippen molar-refractivity contribution < 1.29 is 4.79 Å². The summed E-state index contributed by atoms with van der Waals surface area (Å²) in [4.78, 5) is 13.0. The molecule has 0 unspecified atom stereocenters. The zero-order valence-electron chi connectivity index (χ0n) is 11.2. The van der Waals surface area contributed by atoms with Crippen molar-refractivity contribution in [3.05, 3.63) is 59.7 Å². The van der Waals surface area contributed by atoms with Gasteiger partial charge in [-0.25, -0.2) is 0 Å². The summed E-state index contributed by atoms with van der Waals surface area (Å²) < 4.78 is 0. The Morgan fingerprint density at radius 1 is 1.05 bits per heavy atom. The van der Waals surface area contributed by atoms with Gasteiger partial charge in [0.2, 0.25) is 0 Å². The third-order valence-corrected chi connectivity index (χ3v) is 2.84. The van der Waals surface area contributed by atoms with E-state index in [2.05, 4.69) is 31.1 Å². The summed E-state index contributed by atoms with van der Waals surface area (Å²) in [6.45, 7) is 0.890. The van der Waals surface area contributed by atoms with E-state index >= 15 is 0 Å². The van der Waals surface area contributed by atoms with Crippen LogP contribution in [0.1, 0.15) is 15.9 Å². The Morgan fingerprint density at radius 3 is 2.47 bits per heavy atom. The van der Waals surface area contributed by atoms with E-state index in [1.165, 1.54) is 11.1 Å². The summed E-state index contributed by atoms with van der Waals surface area (Å²) in [6, 6.07) is 16.0. The Balaban J connectivity index is 0.00000180. The predicted molar refractivity (Wildman–Crippen MR) is 81.9 cm³/mol. The lowest BCUT2D eigenvalue weighted by Crippen LogP contribution is -2.11. The van der Waals surface area contributed by atoms with E-state index in [1.54, 1.807) is 0 Å². The number of hydrogen-bond acceptors (Lipinski definition) is 2. The van der Waals surface area contributed by atoms with Crippen LogP contribution in [0.4, 0.5) is 0 Å². The first kappa shape index (κ1) is 15.4. The van der Waals surface area contributed by atoms with Gasteiger partial charge in [-0.15, -0.1) is 12.4 Å². The highest BCUT2D eigenvalue weighted by Crippen LogP contribution is 2.24. The maximum absolute atomic E-state index is 10.8. The number of nitrogens with zero attached hydrogens (tertiary/aromatic N) is 1. The normalized spacial score (nSPS) is 10.1. The van der Waals surface area contributed by atoms with Crippen LogP contribution in [0.3, 0.4) is 0 Å². The molecule has 0 radical (unpaired) electrons. The van der Waals surface area contributed by atoms with Crippen LogP contribution in [-0.4, -0.2) is 25.3 Å². The first-order chi connectivity index (χ1) is 8.70. The second-order valence-corrected chi connectivity index (χ2v) is 4.64. The highest BCUT2D eigenvalue weighted by molar-refractivity contribution is 5.85. The average molecular weight is 276 g/mol. The molecule has 0 atom stereocenters. The van der Waals surface area contributed by atoms with Gasteiger partial charge in [0.1, 0.15) is 6.29 Å². The molecule has 2 nitrogen and oxygen atoms in total. The topological polar surface area (TPSA) is 20.3 Å². The van der Waals surface area contributed by atoms with Gasteiger partial charge in [0.25, 0.3) is 0 Å². The Morgan fingerprint density at radius 2 is 1.79 bits per heavy atom. The van der Waals surface area contributed by atoms with Gasteiger partial charge in [-0.3, -0.25) is 4.79 Å². The molecule has 0 aromatic heterocycles. The smallest absolute Gasteiger partial charge is 0.150 e. The average Bonchev–Trinajstić information content (AvgIpc) is 2.39. The molecule has 3 heteroatoms. The monoisotopic (exact) mass is 275 g/mol. The van der Waals surface area contributed by atoms with Crippen LogP contribution >= 0.6 is 12.4 Å². The van der Waals surface area contributed by atoms with E-state index in [1.807, 2.05) is 36.4 Å². The summed E-state index contributed by atoms with van der Waals surface area (Å²) >= 11 is 0. The fourth-order valence-corrected chi connectivity index (χ4v) is 2.06. The van der Waals surface area contributed by atoms with Gasteiger partial charge in [-0.05, 0) is 36.9 Å². The van der Waals surface area contributed by atoms with Crippen LogP contribution in [0.25, 0.3) is 11.1 Å². The molecule has 0 aliphatic heterocycles. The van der Waals surface area contributed by atoms with Crippen molar-refractivity contribution in [1.82, 2.24) is 4.90 Å². The molecule has 19 heavy (non-hydrogen) atoms. The van der Waals surface area contributed by atoms with Crippen molar-refractivity contribution in [1.29, 1.82) is 0 Å². The molecule has 2 rings (SSSR count). The summed E-state index contributed by atoms with van der Waals surface area (Å²) in [6.07, 6.45) is 0.887. The molecule has 2 aromatic rings. The maximum Gasteiger partial charge on any atom is 0.150 e. The van der Waals surface area contributed by atoms with Crippen LogP contribution in [-0.2, 0) is 6.54 Å². The number of rotatable bonds is 4. The van der Waals surface area contributed by atoms with E-state index in [0.717, 1.165) is 18.4 Å². The zero-order valence-corrected chi connectivity index (χ0v) is 12.0. The summed E-state index contributed by atoms with van der Waals surface area (Å²) in [5.41, 5.74) is 4.27. The predicted octanol–water partition coefficient (Wildman–Crippen LogP) is 3.65. The van der Waals surface area contributed by atoms with E-state index in [4.69, 9.17) is 0 Å². The molecule has 0 amide bonds. The molecule has 0 spiro atoms. The second-order valence-electron chi connectivity index (χ2n) is 4.64. The number of carbonyl (C=O) groups is 1. The highest BCUT2D eigenvalue weighted by Gasteiger charge is 2.05. The minimum Gasteiger partial charge on any atom is -0.305 e. The van der Waals surface area contributed by atoms with E-state index in [0.29, 0.717) is 5.56 Å². The molecule has 0 fully saturated rings. The highest BCUT2D eigenvalue weighted by atomic mass is 35.5. The zero-order chi connectivity index (χ0) is 13.0.